The first-order valence-electron chi connectivity index (χ1n) is 8.92. The van der Waals surface area contributed by atoms with E-state index >= 15 is 0 Å². The van der Waals surface area contributed by atoms with Gasteiger partial charge in [0.25, 0.3) is 0 Å². The number of pyridine rings is 1. The predicted molar refractivity (Wildman–Crippen MR) is 104 cm³/mol. The molecule has 7 nitrogen and oxygen atoms in total. The number of methoxy groups -OCH3 is 1. The summed E-state index contributed by atoms with van der Waals surface area (Å²) in [6.45, 7) is 4.59. The number of rotatable bonds is 4. The Morgan fingerprint density at radius 1 is 1.25 bits per heavy atom. The highest BCUT2D eigenvalue weighted by Gasteiger charge is 2.27. The fourth-order valence-electron chi connectivity index (χ4n) is 3.57. The number of aromatic carboxylic acids is 1. The molecule has 7 heteroatoms. The van der Waals surface area contributed by atoms with E-state index in [1.54, 1.807) is 18.0 Å². The van der Waals surface area contributed by atoms with Gasteiger partial charge >= 0.3 is 5.97 Å². The van der Waals surface area contributed by atoms with Gasteiger partial charge < -0.3 is 19.3 Å². The highest BCUT2D eigenvalue weighted by atomic mass is 16.5. The van der Waals surface area contributed by atoms with Crippen LogP contribution >= 0.6 is 0 Å². The summed E-state index contributed by atoms with van der Waals surface area (Å²) >= 11 is 0. The maximum atomic E-state index is 12.4. The minimum absolute atomic E-state index is 0.0882. The number of ether oxygens (including phenoxy) is 1. The Labute approximate surface area is 161 Å². The van der Waals surface area contributed by atoms with Crippen molar-refractivity contribution in [1.82, 2.24) is 4.68 Å². The number of carboxylic acid groups (broad SMARTS) is 1. The lowest BCUT2D eigenvalue weighted by Crippen LogP contribution is -2.44. The Hall–Kier alpha value is -3.48. The second kappa shape index (κ2) is 6.60. The van der Waals surface area contributed by atoms with Crippen molar-refractivity contribution in [1.29, 1.82) is 0 Å². The van der Waals surface area contributed by atoms with E-state index in [1.165, 1.54) is 12.3 Å². The maximum absolute atomic E-state index is 12.4. The third-order valence-corrected chi connectivity index (χ3v) is 4.95. The molecule has 1 N–H and O–H groups in total. The number of aromatic nitrogens is 1. The lowest BCUT2D eigenvalue weighted by molar-refractivity contribution is 0.0694. The molecule has 3 heterocycles. The molecular weight excluding hydrogens is 360 g/mol. The first-order valence-corrected chi connectivity index (χ1v) is 8.92. The molecule has 0 fully saturated rings. The van der Waals surface area contributed by atoms with Gasteiger partial charge in [0.15, 0.2) is 5.43 Å². The molecule has 0 bridgehead atoms. The van der Waals surface area contributed by atoms with Crippen LogP contribution in [0.4, 0.5) is 0 Å². The van der Waals surface area contributed by atoms with E-state index in [0.717, 1.165) is 16.7 Å². The summed E-state index contributed by atoms with van der Waals surface area (Å²) in [5, 5.41) is 11.4. The zero-order valence-corrected chi connectivity index (χ0v) is 15.8. The van der Waals surface area contributed by atoms with Gasteiger partial charge in [-0.05, 0) is 43.7 Å². The topological polar surface area (TPSA) is 84.9 Å². The van der Waals surface area contributed by atoms with Gasteiger partial charge in [-0.2, -0.15) is 0 Å². The maximum Gasteiger partial charge on any atom is 0.341 e. The van der Waals surface area contributed by atoms with Gasteiger partial charge in [0.2, 0.25) is 0 Å². The van der Waals surface area contributed by atoms with E-state index in [4.69, 9.17) is 9.15 Å². The van der Waals surface area contributed by atoms with Crippen molar-refractivity contribution in [2.75, 3.05) is 12.1 Å². The molecular formula is C21H20N2O5. The Bertz CT molecular complexity index is 1110. The van der Waals surface area contributed by atoms with Crippen LogP contribution in [0, 0.1) is 0 Å². The van der Waals surface area contributed by atoms with Crippen LogP contribution in [0.1, 0.15) is 29.8 Å². The molecule has 1 aromatic carbocycles. The molecule has 0 amide bonds. The van der Waals surface area contributed by atoms with Crippen molar-refractivity contribution in [2.45, 2.75) is 26.4 Å². The largest absolute Gasteiger partial charge is 0.496 e. The zero-order chi connectivity index (χ0) is 20.0. The van der Waals surface area contributed by atoms with Crippen molar-refractivity contribution in [3.63, 3.8) is 0 Å². The first-order chi connectivity index (χ1) is 13.4. The number of carbonyl (C=O) groups is 1. The van der Waals surface area contributed by atoms with Crippen LogP contribution in [-0.4, -0.2) is 28.9 Å². The number of hydrogen-bond donors (Lipinski definition) is 1. The van der Waals surface area contributed by atoms with E-state index < -0.39 is 11.4 Å². The number of hydrogen-bond acceptors (Lipinski definition) is 5. The molecule has 4 rings (SSSR count). The zero-order valence-electron chi connectivity index (χ0n) is 15.8. The second-order valence-electron chi connectivity index (χ2n) is 6.96. The van der Waals surface area contributed by atoms with Crippen LogP contribution < -0.4 is 15.2 Å². The standard InChI is InChI=1S/C21H20N2O5/c1-12(2)22-10-13-7-15(19-5-4-6-28-19)20(27-3)8-14(13)17-9-18(24)16(21(25)26)11-23(17)22/h4-9,11-12H,10H2,1-3H3,(H,25,26). The number of benzene rings is 1. The summed E-state index contributed by atoms with van der Waals surface area (Å²) in [6, 6.07) is 9.02. The van der Waals surface area contributed by atoms with Crippen LogP contribution in [0.2, 0.25) is 0 Å². The third-order valence-electron chi connectivity index (χ3n) is 4.95. The molecule has 0 saturated carbocycles. The Morgan fingerprint density at radius 3 is 2.64 bits per heavy atom. The summed E-state index contributed by atoms with van der Waals surface area (Å²) in [5.74, 6) is 0.0773. The highest BCUT2D eigenvalue weighted by molar-refractivity contribution is 5.88. The fraction of sp³-hybridized carbons (Fsp3) is 0.238. The molecule has 0 atom stereocenters. The average molecular weight is 380 g/mol. The van der Waals surface area contributed by atoms with Gasteiger partial charge in [-0.25, -0.2) is 4.79 Å². The molecule has 0 saturated heterocycles. The minimum atomic E-state index is -1.24. The number of nitrogens with zero attached hydrogens (tertiary/aromatic N) is 2. The van der Waals surface area contributed by atoms with Crippen molar-refractivity contribution in [2.24, 2.45) is 0 Å². The SMILES string of the molecule is COc1cc2c(cc1-c1ccco1)CN(C(C)C)n1cc(C(=O)O)c(=O)cc1-2. The predicted octanol–water partition coefficient (Wildman–Crippen LogP) is 3.34. The summed E-state index contributed by atoms with van der Waals surface area (Å²) in [5.41, 5.74) is 2.52. The fourth-order valence-corrected chi connectivity index (χ4v) is 3.57. The monoisotopic (exact) mass is 380 g/mol. The molecule has 0 spiro atoms. The van der Waals surface area contributed by atoms with Crippen LogP contribution in [0.3, 0.4) is 0 Å². The van der Waals surface area contributed by atoms with Crippen LogP contribution in [-0.2, 0) is 6.54 Å². The van der Waals surface area contributed by atoms with E-state index in [0.29, 0.717) is 23.7 Å². The van der Waals surface area contributed by atoms with Gasteiger partial charge in [-0.15, -0.1) is 0 Å². The van der Waals surface area contributed by atoms with Gasteiger partial charge in [-0.3, -0.25) is 9.47 Å². The van der Waals surface area contributed by atoms with Crippen molar-refractivity contribution < 1.29 is 19.1 Å². The van der Waals surface area contributed by atoms with Gasteiger partial charge in [0.1, 0.15) is 17.1 Å². The van der Waals surface area contributed by atoms with Crippen LogP contribution in [0.15, 0.2) is 52.0 Å². The quantitative estimate of drug-likeness (QED) is 0.747. The second-order valence-corrected chi connectivity index (χ2v) is 6.96. The van der Waals surface area contributed by atoms with Gasteiger partial charge in [0, 0.05) is 23.9 Å². The summed E-state index contributed by atoms with van der Waals surface area (Å²) in [7, 11) is 1.58. The molecule has 28 heavy (non-hydrogen) atoms. The molecule has 1 aliphatic rings. The Kier molecular flexibility index (Phi) is 4.22. The molecule has 1 aliphatic heterocycles. The Balaban J connectivity index is 1.99. The minimum Gasteiger partial charge on any atom is -0.496 e. The van der Waals surface area contributed by atoms with Crippen molar-refractivity contribution in [3.8, 4) is 28.3 Å². The first kappa shape index (κ1) is 17.9. The van der Waals surface area contributed by atoms with Gasteiger partial charge in [0.05, 0.1) is 31.2 Å². The lowest BCUT2D eigenvalue weighted by Gasteiger charge is -2.38. The summed E-state index contributed by atoms with van der Waals surface area (Å²) < 4.78 is 12.9. The van der Waals surface area contributed by atoms with E-state index in [1.807, 2.05) is 43.1 Å². The number of fused-ring (bicyclic) bond motifs is 3. The van der Waals surface area contributed by atoms with Crippen LogP contribution in [0.5, 0.6) is 5.75 Å². The molecule has 0 aliphatic carbocycles. The average Bonchev–Trinajstić information content (AvgIpc) is 3.20. The summed E-state index contributed by atoms with van der Waals surface area (Å²) in [4.78, 5) is 23.8. The third kappa shape index (κ3) is 2.76. The molecule has 0 unspecified atom stereocenters. The molecule has 0 radical (unpaired) electrons. The van der Waals surface area contributed by atoms with Crippen molar-refractivity contribution in [3.05, 3.63) is 64.1 Å². The van der Waals surface area contributed by atoms with E-state index in [9.17, 15) is 14.7 Å². The summed E-state index contributed by atoms with van der Waals surface area (Å²) in [6.07, 6.45) is 3.01. The number of carboxylic acids is 1. The highest BCUT2D eigenvalue weighted by Crippen LogP contribution is 2.39. The van der Waals surface area contributed by atoms with E-state index in [2.05, 4.69) is 0 Å². The molecule has 2 aromatic heterocycles. The van der Waals surface area contributed by atoms with Crippen molar-refractivity contribution >= 4 is 5.97 Å². The van der Waals surface area contributed by atoms with Crippen LogP contribution in [0.25, 0.3) is 22.6 Å². The van der Waals surface area contributed by atoms with E-state index in [-0.39, 0.29) is 11.6 Å². The number of furan rings is 1. The van der Waals surface area contributed by atoms with Gasteiger partial charge in [-0.1, -0.05) is 0 Å². The normalized spacial score (nSPS) is 12.6. The Morgan fingerprint density at radius 2 is 2.04 bits per heavy atom. The molecule has 3 aromatic rings. The lowest BCUT2D eigenvalue weighted by atomic mass is 9.96. The molecule has 144 valence electrons. The smallest absolute Gasteiger partial charge is 0.341 e.